The predicted molar refractivity (Wildman–Crippen MR) is 97.5 cm³/mol. The molecule has 0 aromatic rings. The van der Waals surface area contributed by atoms with E-state index >= 15 is 0 Å². The Kier molecular flexibility index (Phi) is 4.90. The lowest BCUT2D eigenvalue weighted by Crippen LogP contribution is -2.41. The van der Waals surface area contributed by atoms with Crippen LogP contribution in [0.2, 0.25) is 0 Å². The zero-order chi connectivity index (χ0) is 17.6. The fraction of sp³-hybridized carbons (Fsp3) is 0.842. The van der Waals surface area contributed by atoms with Crippen LogP contribution < -0.4 is 0 Å². The van der Waals surface area contributed by atoms with Gasteiger partial charge in [0.15, 0.2) is 0 Å². The van der Waals surface area contributed by atoms with Crippen LogP contribution in [0.25, 0.3) is 0 Å². The Morgan fingerprint density at radius 3 is 2.92 bits per heavy atom. The number of aliphatic hydroxyl groups excluding tert-OH is 1. The zero-order valence-electron chi connectivity index (χ0n) is 15.1. The zero-order valence-corrected chi connectivity index (χ0v) is 16.0. The fourth-order valence-corrected chi connectivity index (χ4v) is 5.59. The first-order valence-corrected chi connectivity index (χ1v) is 10.7. The van der Waals surface area contributed by atoms with Crippen molar-refractivity contribution in [3.05, 3.63) is 11.6 Å². The Morgan fingerprint density at radius 2 is 2.16 bits per heavy atom. The average molecular weight is 368 g/mol. The highest BCUT2D eigenvalue weighted by Crippen LogP contribution is 2.50. The summed E-state index contributed by atoms with van der Waals surface area (Å²) in [5.41, 5.74) is 0.827. The van der Waals surface area contributed by atoms with Gasteiger partial charge in [0, 0.05) is 37.1 Å². The van der Waals surface area contributed by atoms with Crippen molar-refractivity contribution in [1.29, 1.82) is 0 Å². The van der Waals surface area contributed by atoms with Crippen LogP contribution >= 0.6 is 11.8 Å². The third-order valence-corrected chi connectivity index (χ3v) is 7.36. The van der Waals surface area contributed by atoms with Crippen LogP contribution in [0.5, 0.6) is 0 Å². The summed E-state index contributed by atoms with van der Waals surface area (Å²) in [5.74, 6) is 2.04. The number of nitrogens with zero attached hydrogens (tertiary/aromatic N) is 1. The topological polar surface area (TPSA) is 62.3 Å². The van der Waals surface area contributed by atoms with Gasteiger partial charge in [-0.15, -0.1) is 0 Å². The van der Waals surface area contributed by atoms with E-state index in [4.69, 9.17) is 9.47 Å². The van der Waals surface area contributed by atoms with Crippen LogP contribution in [0.4, 0.5) is 0 Å². The smallest absolute Gasteiger partial charge is 0.311 e. The Morgan fingerprint density at radius 1 is 1.40 bits per heavy atom. The molecule has 4 rings (SSSR count). The number of carbonyl (C=O) groups is 1. The summed E-state index contributed by atoms with van der Waals surface area (Å²) in [6.07, 6.45) is 3.81. The summed E-state index contributed by atoms with van der Waals surface area (Å²) in [6.45, 7) is 6.93. The fourth-order valence-electron chi connectivity index (χ4n) is 4.61. The van der Waals surface area contributed by atoms with Crippen LogP contribution in [0.3, 0.4) is 0 Å². The van der Waals surface area contributed by atoms with Crippen molar-refractivity contribution in [1.82, 2.24) is 4.90 Å². The molecule has 3 heterocycles. The summed E-state index contributed by atoms with van der Waals surface area (Å²) in [4.78, 5) is 15.0. The Bertz CT molecular complexity index is 562. The third-order valence-electron chi connectivity index (χ3n) is 6.42. The molecule has 0 saturated carbocycles. The Hall–Kier alpha value is -0.560. The van der Waals surface area contributed by atoms with Gasteiger partial charge in [0.2, 0.25) is 0 Å². The predicted octanol–water partition coefficient (Wildman–Crippen LogP) is 1.84. The monoisotopic (exact) mass is 367 g/mol. The molecule has 0 bridgehead atoms. The summed E-state index contributed by atoms with van der Waals surface area (Å²) in [7, 11) is 0. The maximum absolute atomic E-state index is 12.7. The lowest BCUT2D eigenvalue weighted by atomic mass is 9.79. The molecule has 0 amide bonds. The maximum Gasteiger partial charge on any atom is 0.311 e. The van der Waals surface area contributed by atoms with E-state index in [1.807, 2.05) is 18.7 Å². The van der Waals surface area contributed by atoms with Gasteiger partial charge in [-0.05, 0) is 38.7 Å². The molecule has 4 aliphatic rings. The molecule has 6 atom stereocenters. The normalized spacial score (nSPS) is 47.2. The van der Waals surface area contributed by atoms with E-state index in [1.165, 1.54) is 0 Å². The number of allylic oxidation sites excluding steroid dienone is 1. The standard InChI is InChI=1S/C19H29NO4S/c1-12-4-3-5-19(2)17(24-19)16-13(10-15(12)21)14(18(22)23-16)11-20-6-8-25-9-7-20/h4,13-17,21H,3,5-11H2,1-2H3/b12-4+/t13-,14-,15+,16-,17+,19+/m0/s1. The third kappa shape index (κ3) is 3.51. The molecule has 6 heteroatoms. The second-order valence-electron chi connectivity index (χ2n) is 8.17. The highest BCUT2D eigenvalue weighted by molar-refractivity contribution is 7.99. The number of epoxide rings is 1. The van der Waals surface area contributed by atoms with Crippen molar-refractivity contribution in [2.75, 3.05) is 31.1 Å². The van der Waals surface area contributed by atoms with Crippen LogP contribution in [-0.2, 0) is 14.3 Å². The van der Waals surface area contributed by atoms with Gasteiger partial charge in [-0.25, -0.2) is 0 Å². The van der Waals surface area contributed by atoms with Crippen molar-refractivity contribution in [3.8, 4) is 0 Å². The molecule has 140 valence electrons. The summed E-state index contributed by atoms with van der Waals surface area (Å²) < 4.78 is 11.8. The minimum Gasteiger partial charge on any atom is -0.459 e. The summed E-state index contributed by atoms with van der Waals surface area (Å²) in [6, 6.07) is 0. The number of thioether (sulfide) groups is 1. The molecule has 0 radical (unpaired) electrons. The van der Waals surface area contributed by atoms with Gasteiger partial charge in [-0.3, -0.25) is 4.79 Å². The summed E-state index contributed by atoms with van der Waals surface area (Å²) >= 11 is 1.97. The van der Waals surface area contributed by atoms with Crippen LogP contribution in [0.1, 0.15) is 33.1 Å². The van der Waals surface area contributed by atoms with E-state index in [-0.39, 0.29) is 35.6 Å². The van der Waals surface area contributed by atoms with Crippen molar-refractivity contribution in [3.63, 3.8) is 0 Å². The van der Waals surface area contributed by atoms with E-state index in [9.17, 15) is 9.90 Å². The quantitative estimate of drug-likeness (QED) is 0.457. The van der Waals surface area contributed by atoms with E-state index in [2.05, 4.69) is 17.9 Å². The molecule has 5 nitrogen and oxygen atoms in total. The number of fused-ring (bicyclic) bond motifs is 3. The van der Waals surface area contributed by atoms with Gasteiger partial charge in [0.25, 0.3) is 0 Å². The number of hydrogen-bond donors (Lipinski definition) is 1. The summed E-state index contributed by atoms with van der Waals surface area (Å²) in [5, 5.41) is 10.6. The van der Waals surface area contributed by atoms with E-state index in [1.54, 1.807) is 0 Å². The Labute approximate surface area is 154 Å². The van der Waals surface area contributed by atoms with Crippen LogP contribution in [-0.4, -0.2) is 71.0 Å². The number of aliphatic hydroxyl groups is 1. The lowest BCUT2D eigenvalue weighted by molar-refractivity contribution is -0.145. The minimum atomic E-state index is -0.496. The molecule has 0 spiro atoms. The molecule has 1 N–H and O–H groups in total. The number of carbonyl (C=O) groups excluding carboxylic acids is 1. The van der Waals surface area contributed by atoms with E-state index < -0.39 is 6.10 Å². The second-order valence-corrected chi connectivity index (χ2v) is 9.40. The van der Waals surface area contributed by atoms with Gasteiger partial charge >= 0.3 is 5.97 Å². The van der Waals surface area contributed by atoms with Gasteiger partial charge in [0.05, 0.1) is 17.6 Å². The van der Waals surface area contributed by atoms with E-state index in [0.29, 0.717) is 6.42 Å². The molecule has 3 aliphatic heterocycles. The lowest BCUT2D eigenvalue weighted by Gasteiger charge is -2.31. The minimum absolute atomic E-state index is 0.0117. The number of esters is 1. The molecule has 0 unspecified atom stereocenters. The number of hydrogen-bond acceptors (Lipinski definition) is 6. The van der Waals surface area contributed by atoms with Crippen molar-refractivity contribution >= 4 is 17.7 Å². The van der Waals surface area contributed by atoms with Gasteiger partial charge in [0.1, 0.15) is 12.2 Å². The molecule has 1 aliphatic carbocycles. The van der Waals surface area contributed by atoms with Gasteiger partial charge in [-0.2, -0.15) is 11.8 Å². The van der Waals surface area contributed by atoms with Gasteiger partial charge < -0.3 is 19.5 Å². The van der Waals surface area contributed by atoms with Crippen molar-refractivity contribution in [2.45, 2.75) is 57.0 Å². The van der Waals surface area contributed by atoms with Crippen molar-refractivity contribution in [2.24, 2.45) is 11.8 Å². The van der Waals surface area contributed by atoms with E-state index in [0.717, 1.165) is 49.6 Å². The Balaban J connectivity index is 1.55. The molecule has 25 heavy (non-hydrogen) atoms. The number of rotatable bonds is 2. The second kappa shape index (κ2) is 6.87. The molecule has 3 saturated heterocycles. The molecule has 3 fully saturated rings. The first-order chi connectivity index (χ1) is 12.0. The molecular weight excluding hydrogens is 338 g/mol. The highest BCUT2D eigenvalue weighted by atomic mass is 32.2. The first kappa shape index (κ1) is 17.8. The molecular formula is C19H29NO4S. The number of ether oxygens (including phenoxy) is 2. The maximum atomic E-state index is 12.7. The average Bonchev–Trinajstić information content (AvgIpc) is 3.17. The SMILES string of the molecule is C/C1=C\CC[C@@]2(C)O[C@@H]2[C@H]2OC(=O)[C@@H](CN3CCSCC3)[C@@H]2C[C@H]1O. The molecule has 0 aromatic carbocycles. The van der Waals surface area contributed by atoms with Crippen molar-refractivity contribution < 1.29 is 19.4 Å². The van der Waals surface area contributed by atoms with Crippen LogP contribution in [0.15, 0.2) is 11.6 Å². The largest absolute Gasteiger partial charge is 0.459 e. The van der Waals surface area contributed by atoms with Crippen LogP contribution in [0, 0.1) is 11.8 Å². The van der Waals surface area contributed by atoms with Gasteiger partial charge in [-0.1, -0.05) is 6.08 Å². The highest BCUT2D eigenvalue weighted by Gasteiger charge is 2.63. The molecule has 0 aromatic heterocycles. The first-order valence-electron chi connectivity index (χ1n) is 9.51.